The number of nitrogens with one attached hydrogen (secondary N) is 2. The number of amides is 1. The van der Waals surface area contributed by atoms with Gasteiger partial charge in [0.2, 0.25) is 5.95 Å². The number of carbonyl (C=O) groups is 1. The molecule has 2 aliphatic rings. The summed E-state index contributed by atoms with van der Waals surface area (Å²) >= 11 is 0. The molecule has 0 aliphatic carbocycles. The van der Waals surface area contributed by atoms with Crippen LogP contribution < -0.4 is 15.5 Å². The first-order chi connectivity index (χ1) is 14.7. The Balaban J connectivity index is 1.41. The fourth-order valence-corrected chi connectivity index (χ4v) is 4.14. The lowest BCUT2D eigenvalue weighted by molar-refractivity contribution is 0.141. The third kappa shape index (κ3) is 4.39. The van der Waals surface area contributed by atoms with E-state index < -0.39 is 0 Å². The molecule has 8 nitrogen and oxygen atoms in total. The molecule has 1 fully saturated rings. The first kappa shape index (κ1) is 20.6. The minimum atomic E-state index is -0.361. The van der Waals surface area contributed by atoms with E-state index in [1.807, 2.05) is 6.92 Å². The zero-order valence-corrected chi connectivity index (χ0v) is 17.7. The maximum Gasteiger partial charge on any atom is 0.415 e. The highest BCUT2D eigenvalue weighted by Crippen LogP contribution is 2.26. The lowest BCUT2D eigenvalue weighted by Crippen LogP contribution is -2.45. The van der Waals surface area contributed by atoms with Gasteiger partial charge in [-0.25, -0.2) is 9.78 Å². The molecule has 4 rings (SSSR count). The van der Waals surface area contributed by atoms with Crippen molar-refractivity contribution in [3.05, 3.63) is 47.2 Å². The van der Waals surface area contributed by atoms with Crippen molar-refractivity contribution in [3.63, 3.8) is 0 Å². The van der Waals surface area contributed by atoms with Crippen molar-refractivity contribution >= 4 is 17.9 Å². The van der Waals surface area contributed by atoms with Gasteiger partial charge in [-0.2, -0.15) is 4.98 Å². The summed E-state index contributed by atoms with van der Waals surface area (Å²) in [6.45, 7) is 9.83. The molecule has 1 atom stereocenters. The van der Waals surface area contributed by atoms with Gasteiger partial charge in [0.25, 0.3) is 0 Å². The second kappa shape index (κ2) is 9.40. The van der Waals surface area contributed by atoms with Crippen LogP contribution in [0.5, 0.6) is 0 Å². The Kier molecular flexibility index (Phi) is 6.44. The molecule has 0 spiro atoms. The fourth-order valence-electron chi connectivity index (χ4n) is 4.14. The Hall–Kier alpha value is -2.71. The number of anilines is 2. The molecule has 1 unspecified atom stereocenters. The SMILES string of the molecule is CCC(c1ccc(CNc2ncc3c(n2)N(CC)C(=O)OC3)cc1)N1CCNCC1. The van der Waals surface area contributed by atoms with Gasteiger partial charge in [0.05, 0.1) is 5.56 Å². The average molecular weight is 411 g/mol. The molecule has 2 aliphatic heterocycles. The van der Waals surface area contributed by atoms with Gasteiger partial charge >= 0.3 is 6.09 Å². The molecule has 3 heterocycles. The molecule has 1 aromatic heterocycles. The van der Waals surface area contributed by atoms with Crippen molar-refractivity contribution in [1.82, 2.24) is 20.2 Å². The molecule has 160 valence electrons. The molecule has 1 aromatic carbocycles. The molecule has 2 aromatic rings. The summed E-state index contributed by atoms with van der Waals surface area (Å²) in [5.41, 5.74) is 3.36. The number of carbonyl (C=O) groups excluding carboxylic acids is 1. The zero-order valence-electron chi connectivity index (χ0n) is 17.7. The molecule has 0 bridgehead atoms. The van der Waals surface area contributed by atoms with Crippen molar-refractivity contribution < 1.29 is 9.53 Å². The number of benzene rings is 1. The van der Waals surface area contributed by atoms with Gasteiger partial charge in [0.1, 0.15) is 12.4 Å². The first-order valence-electron chi connectivity index (χ1n) is 10.8. The predicted octanol–water partition coefficient (Wildman–Crippen LogP) is 2.92. The van der Waals surface area contributed by atoms with Crippen LogP contribution in [0.4, 0.5) is 16.6 Å². The Morgan fingerprint density at radius 3 is 2.67 bits per heavy atom. The number of hydrogen-bond acceptors (Lipinski definition) is 7. The molecule has 0 saturated carbocycles. The molecular weight excluding hydrogens is 380 g/mol. The second-order valence-electron chi connectivity index (χ2n) is 7.65. The zero-order chi connectivity index (χ0) is 20.9. The minimum absolute atomic E-state index is 0.220. The lowest BCUT2D eigenvalue weighted by atomic mass is 10.0. The number of hydrogen-bond donors (Lipinski definition) is 2. The standard InChI is InChI=1S/C22H30N6O2/c1-3-19(27-11-9-23-10-12-27)17-7-5-16(6-8-17)13-24-21-25-14-18-15-30-22(29)28(4-2)20(18)26-21/h5-8,14,19,23H,3-4,9-13,15H2,1-2H3,(H,24,25,26). The van der Waals surface area contributed by atoms with Crippen LogP contribution in [0.2, 0.25) is 0 Å². The maximum atomic E-state index is 11.9. The Labute approximate surface area is 177 Å². The van der Waals surface area contributed by atoms with Gasteiger partial charge in [-0.05, 0) is 24.5 Å². The summed E-state index contributed by atoms with van der Waals surface area (Å²) in [5.74, 6) is 1.14. The maximum absolute atomic E-state index is 11.9. The van der Waals surface area contributed by atoms with E-state index >= 15 is 0 Å². The van der Waals surface area contributed by atoms with E-state index in [2.05, 4.69) is 56.7 Å². The Morgan fingerprint density at radius 2 is 1.97 bits per heavy atom. The van der Waals surface area contributed by atoms with Gasteiger partial charge < -0.3 is 15.4 Å². The minimum Gasteiger partial charge on any atom is -0.444 e. The first-order valence-corrected chi connectivity index (χ1v) is 10.8. The van der Waals surface area contributed by atoms with E-state index in [0.29, 0.717) is 30.9 Å². The quantitative estimate of drug-likeness (QED) is 0.726. The van der Waals surface area contributed by atoms with E-state index in [9.17, 15) is 4.79 Å². The van der Waals surface area contributed by atoms with Gasteiger partial charge in [-0.15, -0.1) is 0 Å². The van der Waals surface area contributed by atoms with Crippen molar-refractivity contribution in [2.45, 2.75) is 39.5 Å². The summed E-state index contributed by atoms with van der Waals surface area (Å²) in [6.07, 6.45) is 2.47. The van der Waals surface area contributed by atoms with E-state index in [-0.39, 0.29) is 12.7 Å². The number of cyclic esters (lactones) is 1. The Bertz CT molecular complexity index is 866. The highest BCUT2D eigenvalue weighted by molar-refractivity contribution is 5.89. The highest BCUT2D eigenvalue weighted by Gasteiger charge is 2.26. The van der Waals surface area contributed by atoms with Crippen LogP contribution in [0.15, 0.2) is 30.5 Å². The number of ether oxygens (including phenoxy) is 1. The highest BCUT2D eigenvalue weighted by atomic mass is 16.6. The topological polar surface area (TPSA) is 82.6 Å². The van der Waals surface area contributed by atoms with Gasteiger partial charge in [-0.3, -0.25) is 9.80 Å². The summed E-state index contributed by atoms with van der Waals surface area (Å²) in [7, 11) is 0. The van der Waals surface area contributed by atoms with Crippen LogP contribution in [0.25, 0.3) is 0 Å². The van der Waals surface area contributed by atoms with Gasteiger partial charge in [0, 0.05) is 51.5 Å². The molecule has 30 heavy (non-hydrogen) atoms. The van der Waals surface area contributed by atoms with Crippen LogP contribution in [0.3, 0.4) is 0 Å². The molecular formula is C22H30N6O2. The predicted molar refractivity (Wildman–Crippen MR) is 116 cm³/mol. The van der Waals surface area contributed by atoms with Crippen molar-refractivity contribution in [3.8, 4) is 0 Å². The lowest BCUT2D eigenvalue weighted by Gasteiger charge is -2.34. The summed E-state index contributed by atoms with van der Waals surface area (Å²) in [6, 6.07) is 9.27. The Morgan fingerprint density at radius 1 is 1.20 bits per heavy atom. The molecule has 1 saturated heterocycles. The van der Waals surface area contributed by atoms with Crippen LogP contribution in [-0.2, 0) is 17.9 Å². The number of fused-ring (bicyclic) bond motifs is 1. The van der Waals surface area contributed by atoms with Crippen LogP contribution >= 0.6 is 0 Å². The number of nitrogens with zero attached hydrogens (tertiary/aromatic N) is 4. The van der Waals surface area contributed by atoms with E-state index in [0.717, 1.165) is 38.2 Å². The summed E-state index contributed by atoms with van der Waals surface area (Å²) < 4.78 is 5.14. The molecule has 2 N–H and O–H groups in total. The van der Waals surface area contributed by atoms with Crippen molar-refractivity contribution in [2.24, 2.45) is 0 Å². The second-order valence-corrected chi connectivity index (χ2v) is 7.65. The van der Waals surface area contributed by atoms with Crippen LogP contribution in [0.1, 0.15) is 43.0 Å². The largest absolute Gasteiger partial charge is 0.444 e. The number of piperazine rings is 1. The van der Waals surface area contributed by atoms with Crippen LogP contribution in [-0.4, -0.2) is 53.7 Å². The summed E-state index contributed by atoms with van der Waals surface area (Å²) in [5, 5.41) is 6.70. The van der Waals surface area contributed by atoms with Crippen molar-refractivity contribution in [2.75, 3.05) is 42.9 Å². The van der Waals surface area contributed by atoms with Gasteiger partial charge in [-0.1, -0.05) is 31.2 Å². The normalized spacial score (nSPS) is 17.9. The third-order valence-electron chi connectivity index (χ3n) is 5.78. The molecule has 1 amide bonds. The van der Waals surface area contributed by atoms with E-state index in [1.165, 1.54) is 16.0 Å². The number of rotatable bonds is 7. The smallest absolute Gasteiger partial charge is 0.415 e. The van der Waals surface area contributed by atoms with Crippen molar-refractivity contribution in [1.29, 1.82) is 0 Å². The van der Waals surface area contributed by atoms with Crippen LogP contribution in [0, 0.1) is 0 Å². The number of aromatic nitrogens is 2. The fraction of sp³-hybridized carbons (Fsp3) is 0.500. The van der Waals surface area contributed by atoms with Gasteiger partial charge in [0.15, 0.2) is 0 Å². The average Bonchev–Trinajstić information content (AvgIpc) is 2.79. The third-order valence-corrected chi connectivity index (χ3v) is 5.78. The summed E-state index contributed by atoms with van der Waals surface area (Å²) in [4.78, 5) is 24.9. The molecule has 0 radical (unpaired) electrons. The monoisotopic (exact) mass is 410 g/mol. The van der Waals surface area contributed by atoms with E-state index in [1.54, 1.807) is 6.20 Å². The molecule has 8 heteroatoms. The van der Waals surface area contributed by atoms with E-state index in [4.69, 9.17) is 4.74 Å².